The number of Topliss-reactive ketones (excluding diaryl/α,β-unsaturated/α-hetero) is 1. The van der Waals surface area contributed by atoms with Gasteiger partial charge in [-0.2, -0.15) is 0 Å². The van der Waals surface area contributed by atoms with E-state index >= 15 is 0 Å². The molecule has 2 heterocycles. The number of ketones is 1. The Hall–Kier alpha value is -3.56. The number of esters is 1. The minimum Gasteiger partial charge on any atom is -0.454 e. The monoisotopic (exact) mass is 496 g/mol. The number of carbonyl (C=O) groups excluding carboxylic acids is 4. The van der Waals surface area contributed by atoms with Crippen molar-refractivity contribution in [2.75, 3.05) is 11.9 Å². The summed E-state index contributed by atoms with van der Waals surface area (Å²) in [7, 11) is 0. The number of nitrogens with one attached hydrogen (secondary N) is 2. The van der Waals surface area contributed by atoms with Crippen LogP contribution >= 0.6 is 22.7 Å². The third kappa shape index (κ3) is 6.72. The maximum Gasteiger partial charge on any atom is 0.342 e. The normalized spacial score (nSPS) is 10.3. The Morgan fingerprint density at radius 3 is 2.41 bits per heavy atom. The quantitative estimate of drug-likeness (QED) is 0.245. The van der Waals surface area contributed by atoms with E-state index in [1.165, 1.54) is 35.7 Å². The summed E-state index contributed by atoms with van der Waals surface area (Å²) in [4.78, 5) is 50.2. The summed E-state index contributed by atoms with van der Waals surface area (Å²) in [6, 6.07) is 12.7. The summed E-state index contributed by atoms with van der Waals surface area (Å²) in [5, 5.41) is 7.55. The molecule has 0 bridgehead atoms. The van der Waals surface area contributed by atoms with E-state index in [0.717, 1.165) is 16.0 Å². The van der Waals surface area contributed by atoms with Crippen LogP contribution in [0.15, 0.2) is 59.5 Å². The first kappa shape index (κ1) is 25.1. The van der Waals surface area contributed by atoms with Gasteiger partial charge in [0.2, 0.25) is 17.6 Å². The molecule has 0 saturated carbocycles. The van der Waals surface area contributed by atoms with Crippen molar-refractivity contribution in [3.63, 3.8) is 0 Å². The molecular weight excluding hydrogens is 472 g/mol. The highest BCUT2D eigenvalue weighted by Gasteiger charge is 2.24. The van der Waals surface area contributed by atoms with Gasteiger partial charge in [0, 0.05) is 28.8 Å². The van der Waals surface area contributed by atoms with Crippen molar-refractivity contribution in [3.05, 3.63) is 74.8 Å². The van der Waals surface area contributed by atoms with Crippen LogP contribution in [0.5, 0.6) is 0 Å². The number of anilines is 1. The summed E-state index contributed by atoms with van der Waals surface area (Å²) >= 11 is 2.45. The second kappa shape index (κ2) is 11.5. The molecule has 2 N–H and O–H groups in total. The Kier molecular flexibility index (Phi) is 8.50. The Bertz CT molecular complexity index is 1240. The van der Waals surface area contributed by atoms with E-state index in [-0.39, 0.29) is 23.2 Å². The number of thiophene rings is 2. The largest absolute Gasteiger partial charge is 0.454 e. The van der Waals surface area contributed by atoms with Gasteiger partial charge in [0.1, 0.15) is 10.6 Å². The Balaban J connectivity index is 1.77. The van der Waals surface area contributed by atoms with Gasteiger partial charge in [-0.25, -0.2) is 4.79 Å². The lowest BCUT2D eigenvalue weighted by atomic mass is 10.0. The first-order chi connectivity index (χ1) is 16.2. The zero-order valence-corrected chi connectivity index (χ0v) is 20.6. The van der Waals surface area contributed by atoms with Crippen LogP contribution in [0.1, 0.15) is 45.7 Å². The fourth-order valence-electron chi connectivity index (χ4n) is 3.00. The zero-order chi connectivity index (χ0) is 24.7. The summed E-state index contributed by atoms with van der Waals surface area (Å²) < 4.78 is 5.36. The van der Waals surface area contributed by atoms with Crippen molar-refractivity contribution in [2.45, 2.75) is 27.3 Å². The van der Waals surface area contributed by atoms with Crippen LogP contribution in [0.2, 0.25) is 0 Å². The van der Waals surface area contributed by atoms with Gasteiger partial charge in [0.25, 0.3) is 0 Å². The first-order valence-electron chi connectivity index (χ1n) is 10.4. The molecule has 0 saturated heterocycles. The smallest absolute Gasteiger partial charge is 0.342 e. The second-order valence-electron chi connectivity index (χ2n) is 7.61. The van der Waals surface area contributed by atoms with Gasteiger partial charge in [-0.3, -0.25) is 14.4 Å². The van der Waals surface area contributed by atoms with Gasteiger partial charge in [-0.05, 0) is 31.5 Å². The molecule has 0 fully saturated rings. The Morgan fingerprint density at radius 1 is 1.00 bits per heavy atom. The molecule has 2 amide bonds. The van der Waals surface area contributed by atoms with Crippen molar-refractivity contribution in [1.82, 2.24) is 5.32 Å². The summed E-state index contributed by atoms with van der Waals surface area (Å²) in [5.41, 5.74) is 2.43. The highest BCUT2D eigenvalue weighted by atomic mass is 32.1. The molecular formula is C25H24N2O5S2. The number of benzene rings is 1. The fraction of sp³-hybridized carbons (Fsp3) is 0.200. The Morgan fingerprint density at radius 2 is 1.74 bits per heavy atom. The lowest BCUT2D eigenvalue weighted by Crippen LogP contribution is -2.18. The summed E-state index contributed by atoms with van der Waals surface area (Å²) in [6.45, 7) is 4.91. The van der Waals surface area contributed by atoms with Crippen LogP contribution < -0.4 is 10.6 Å². The maximum atomic E-state index is 13.1. The molecule has 34 heavy (non-hydrogen) atoms. The van der Waals surface area contributed by atoms with Crippen molar-refractivity contribution >= 4 is 51.2 Å². The fourth-order valence-corrected chi connectivity index (χ4v) is 4.83. The minimum atomic E-state index is -0.698. The van der Waals surface area contributed by atoms with Crippen molar-refractivity contribution in [2.24, 2.45) is 0 Å². The van der Waals surface area contributed by atoms with Crippen LogP contribution in [0.4, 0.5) is 5.00 Å². The molecule has 0 aliphatic carbocycles. The van der Waals surface area contributed by atoms with Crippen LogP contribution in [0, 0.1) is 0 Å². The van der Waals surface area contributed by atoms with E-state index < -0.39 is 12.6 Å². The zero-order valence-electron chi connectivity index (χ0n) is 19.0. The number of hydrogen-bond acceptors (Lipinski definition) is 7. The summed E-state index contributed by atoms with van der Waals surface area (Å²) in [5.74, 6) is -1.56. The van der Waals surface area contributed by atoms with E-state index in [4.69, 9.17) is 4.74 Å². The van der Waals surface area contributed by atoms with Crippen LogP contribution in [-0.4, -0.2) is 30.2 Å². The molecule has 9 heteroatoms. The number of hydrogen-bond donors (Lipinski definition) is 2. The predicted octanol–water partition coefficient (Wildman–Crippen LogP) is 5.06. The number of ether oxygens (including phenoxy) is 1. The molecule has 3 aromatic rings. The van der Waals surface area contributed by atoms with Crippen molar-refractivity contribution < 1.29 is 23.9 Å². The van der Waals surface area contributed by atoms with E-state index in [1.807, 2.05) is 30.3 Å². The molecule has 0 unspecified atom stereocenters. The van der Waals surface area contributed by atoms with E-state index in [1.54, 1.807) is 31.4 Å². The highest BCUT2D eigenvalue weighted by Crippen LogP contribution is 2.36. The van der Waals surface area contributed by atoms with Crippen LogP contribution in [0.3, 0.4) is 0 Å². The predicted molar refractivity (Wildman–Crippen MR) is 134 cm³/mol. The van der Waals surface area contributed by atoms with Gasteiger partial charge in [0.15, 0.2) is 6.61 Å². The minimum absolute atomic E-state index is 0.160. The molecule has 7 nitrogen and oxygen atoms in total. The third-order valence-electron chi connectivity index (χ3n) is 4.52. The number of rotatable bonds is 9. The average molecular weight is 497 g/mol. The standard InChI is InChI=1S/C25H24N2O5S2/c1-15(2)11-22(30)27-24-23(19(14-33-24)17-7-5-4-6-8-17)25(31)32-13-20(29)21-10-9-18(34-21)12-26-16(3)28/h4-11,14H,12-13H2,1-3H3,(H,26,28)(H,27,30). The molecule has 0 radical (unpaired) electrons. The molecule has 1 aromatic carbocycles. The van der Waals surface area contributed by atoms with Crippen LogP contribution in [-0.2, 0) is 20.9 Å². The number of amides is 2. The molecule has 0 atom stereocenters. The van der Waals surface area contributed by atoms with Crippen LogP contribution in [0.25, 0.3) is 11.1 Å². The van der Waals surface area contributed by atoms with Gasteiger partial charge in [-0.1, -0.05) is 35.9 Å². The Labute approximate surface area is 205 Å². The molecule has 3 rings (SSSR count). The molecule has 2 aromatic heterocycles. The van der Waals surface area contributed by atoms with Crippen molar-refractivity contribution in [1.29, 1.82) is 0 Å². The SMILES string of the molecule is CC(=O)NCc1ccc(C(=O)COC(=O)c2c(-c3ccccc3)csc2NC(=O)C=C(C)C)s1. The van der Waals surface area contributed by atoms with Gasteiger partial charge in [-0.15, -0.1) is 22.7 Å². The lowest BCUT2D eigenvalue weighted by molar-refractivity contribution is -0.119. The second-order valence-corrected chi connectivity index (χ2v) is 9.65. The average Bonchev–Trinajstić information content (AvgIpc) is 3.43. The molecule has 176 valence electrons. The van der Waals surface area contributed by atoms with Gasteiger partial charge < -0.3 is 15.4 Å². The molecule has 0 spiro atoms. The van der Waals surface area contributed by atoms with E-state index in [0.29, 0.717) is 22.0 Å². The first-order valence-corrected chi connectivity index (χ1v) is 12.1. The maximum absolute atomic E-state index is 13.1. The number of carbonyl (C=O) groups is 4. The number of allylic oxidation sites excluding steroid dienone is 1. The third-order valence-corrected chi connectivity index (χ3v) is 6.54. The lowest BCUT2D eigenvalue weighted by Gasteiger charge is -2.09. The van der Waals surface area contributed by atoms with E-state index in [2.05, 4.69) is 10.6 Å². The highest BCUT2D eigenvalue weighted by molar-refractivity contribution is 7.15. The van der Waals surface area contributed by atoms with E-state index in [9.17, 15) is 19.2 Å². The van der Waals surface area contributed by atoms with Gasteiger partial charge >= 0.3 is 5.97 Å². The van der Waals surface area contributed by atoms with Gasteiger partial charge in [0.05, 0.1) is 11.4 Å². The van der Waals surface area contributed by atoms with Crippen molar-refractivity contribution in [3.8, 4) is 11.1 Å². The topological polar surface area (TPSA) is 102 Å². The molecule has 0 aliphatic rings. The summed E-state index contributed by atoms with van der Waals surface area (Å²) in [6.07, 6.45) is 1.44. The molecule has 0 aliphatic heterocycles.